The molecule has 0 radical (unpaired) electrons. The third kappa shape index (κ3) is 2.89. The number of rotatable bonds is 4. The summed E-state index contributed by atoms with van der Waals surface area (Å²) in [6, 6.07) is 3.16. The molecule has 0 bridgehead atoms. The van der Waals surface area contributed by atoms with Gasteiger partial charge in [0.25, 0.3) is 5.69 Å². The fraction of sp³-hybridized carbons (Fsp3) is 0.143. The molecule has 0 saturated carbocycles. The molecule has 0 saturated heterocycles. The fourth-order valence-corrected chi connectivity index (χ4v) is 2.25. The molecule has 9 heteroatoms. The van der Waals surface area contributed by atoms with Gasteiger partial charge in [-0.25, -0.2) is 14.0 Å². The molecule has 1 aliphatic heterocycles. The van der Waals surface area contributed by atoms with Crippen LogP contribution in [-0.4, -0.2) is 27.1 Å². The minimum absolute atomic E-state index is 0.00991. The summed E-state index contributed by atoms with van der Waals surface area (Å²) in [4.78, 5) is 33.6. The van der Waals surface area contributed by atoms with Gasteiger partial charge in [0.05, 0.1) is 16.1 Å². The van der Waals surface area contributed by atoms with Gasteiger partial charge in [0.2, 0.25) is 0 Å². The molecule has 8 nitrogen and oxygen atoms in total. The van der Waals surface area contributed by atoms with Crippen molar-refractivity contribution in [3.05, 3.63) is 57.2 Å². The number of carboxylic acids is 2. The quantitative estimate of drug-likeness (QED) is 0.644. The number of hydrogen-bond acceptors (Lipinski definition) is 5. The zero-order valence-corrected chi connectivity index (χ0v) is 11.8. The van der Waals surface area contributed by atoms with Crippen LogP contribution < -0.4 is 4.90 Å². The minimum atomic E-state index is -1.39. The first-order valence-electron chi connectivity index (χ1n) is 6.33. The Bertz CT molecular complexity index is 783. The summed E-state index contributed by atoms with van der Waals surface area (Å²) in [5.74, 6) is -3.73. The van der Waals surface area contributed by atoms with E-state index in [1.807, 2.05) is 0 Å². The van der Waals surface area contributed by atoms with Crippen LogP contribution in [0.15, 0.2) is 41.2 Å². The second-order valence-corrected chi connectivity index (χ2v) is 4.74. The van der Waals surface area contributed by atoms with Crippen LogP contribution in [-0.2, 0) is 9.59 Å². The van der Waals surface area contributed by atoms with Crippen molar-refractivity contribution >= 4 is 23.3 Å². The van der Waals surface area contributed by atoms with E-state index in [0.717, 1.165) is 29.3 Å². The Labute approximate surface area is 128 Å². The maximum Gasteiger partial charge on any atom is 0.333 e. The number of aliphatic carboxylic acids is 2. The highest BCUT2D eigenvalue weighted by molar-refractivity contribution is 5.96. The first-order valence-corrected chi connectivity index (χ1v) is 6.33. The number of carbonyl (C=O) groups is 2. The Kier molecular flexibility index (Phi) is 4.12. The molecule has 0 aromatic heterocycles. The van der Waals surface area contributed by atoms with Gasteiger partial charge in [0.1, 0.15) is 0 Å². The highest BCUT2D eigenvalue weighted by Gasteiger charge is 2.31. The predicted octanol–water partition coefficient (Wildman–Crippen LogP) is 2.27. The summed E-state index contributed by atoms with van der Waals surface area (Å²) >= 11 is 0. The van der Waals surface area contributed by atoms with Crippen LogP contribution in [0.2, 0.25) is 0 Å². The van der Waals surface area contributed by atoms with E-state index in [1.165, 1.54) is 6.92 Å². The second kappa shape index (κ2) is 5.87. The zero-order chi connectivity index (χ0) is 17.3. The lowest BCUT2D eigenvalue weighted by Gasteiger charge is -2.27. The number of carboxylic acid groups (broad SMARTS) is 2. The average molecular weight is 322 g/mol. The molecule has 0 amide bonds. The summed E-state index contributed by atoms with van der Waals surface area (Å²) in [7, 11) is 0. The van der Waals surface area contributed by atoms with Crippen LogP contribution >= 0.6 is 0 Å². The van der Waals surface area contributed by atoms with Crippen molar-refractivity contribution in [1.29, 1.82) is 0 Å². The van der Waals surface area contributed by atoms with Gasteiger partial charge in [-0.3, -0.25) is 10.1 Å². The van der Waals surface area contributed by atoms with Gasteiger partial charge < -0.3 is 15.1 Å². The summed E-state index contributed by atoms with van der Waals surface area (Å²) < 4.78 is 14.1. The van der Waals surface area contributed by atoms with E-state index in [0.29, 0.717) is 0 Å². The van der Waals surface area contributed by atoms with Gasteiger partial charge in [-0.05, 0) is 13.0 Å². The maximum atomic E-state index is 14.1. The normalized spacial score (nSPS) is 14.5. The van der Waals surface area contributed by atoms with Crippen molar-refractivity contribution in [1.82, 2.24) is 0 Å². The number of para-hydroxylation sites is 1. The van der Waals surface area contributed by atoms with Gasteiger partial charge in [0.15, 0.2) is 11.5 Å². The third-order valence-corrected chi connectivity index (χ3v) is 3.39. The predicted molar refractivity (Wildman–Crippen MR) is 76.2 cm³/mol. The molecular weight excluding hydrogens is 311 g/mol. The maximum absolute atomic E-state index is 14.1. The number of hydrogen-bond donors (Lipinski definition) is 2. The van der Waals surface area contributed by atoms with Crippen LogP contribution in [0.1, 0.15) is 13.3 Å². The lowest BCUT2D eigenvalue weighted by atomic mass is 9.99. The summed E-state index contributed by atoms with van der Waals surface area (Å²) in [5, 5.41) is 29.4. The van der Waals surface area contributed by atoms with Crippen LogP contribution in [0.5, 0.6) is 0 Å². The highest BCUT2D eigenvalue weighted by atomic mass is 19.1. The van der Waals surface area contributed by atoms with E-state index in [4.69, 9.17) is 5.11 Å². The topological polar surface area (TPSA) is 121 Å². The molecule has 120 valence electrons. The molecule has 1 aromatic carbocycles. The second-order valence-electron chi connectivity index (χ2n) is 4.74. The van der Waals surface area contributed by atoms with Crippen LogP contribution in [0.4, 0.5) is 15.8 Å². The lowest BCUT2D eigenvalue weighted by Crippen LogP contribution is -2.26. The molecule has 1 aliphatic rings. The van der Waals surface area contributed by atoms with Gasteiger partial charge in [-0.2, -0.15) is 0 Å². The van der Waals surface area contributed by atoms with E-state index in [-0.39, 0.29) is 23.3 Å². The Hall–Kier alpha value is -3.23. The molecule has 0 fully saturated rings. The molecular formula is C14H11FN2O6. The Morgan fingerprint density at radius 3 is 2.48 bits per heavy atom. The van der Waals surface area contributed by atoms with E-state index in [9.17, 15) is 29.2 Å². The van der Waals surface area contributed by atoms with E-state index in [2.05, 4.69) is 0 Å². The average Bonchev–Trinajstić information content (AvgIpc) is 2.46. The number of nitro groups is 1. The molecule has 0 aliphatic carbocycles. The largest absolute Gasteiger partial charge is 0.478 e. The van der Waals surface area contributed by atoms with Crippen molar-refractivity contribution in [2.75, 3.05) is 4.90 Å². The molecule has 1 aromatic rings. The van der Waals surface area contributed by atoms with Crippen molar-refractivity contribution in [3.8, 4) is 0 Å². The summed E-state index contributed by atoms with van der Waals surface area (Å²) in [5.41, 5.74) is -1.69. The van der Waals surface area contributed by atoms with E-state index in [1.54, 1.807) is 0 Å². The molecule has 0 unspecified atom stereocenters. The minimum Gasteiger partial charge on any atom is -0.478 e. The van der Waals surface area contributed by atoms with Gasteiger partial charge in [-0.15, -0.1) is 0 Å². The Morgan fingerprint density at radius 2 is 1.96 bits per heavy atom. The fourth-order valence-electron chi connectivity index (χ4n) is 2.25. The summed E-state index contributed by atoms with van der Waals surface area (Å²) in [6.07, 6.45) is 0.630. The standard InChI is InChI=1S/C14H11FN2O6/c1-7-9(14(20)21)5-8(13(18)19)6-16(7)12-10(15)3-2-4-11(12)17(22)23/h2-4,6H,5H2,1H3,(H,18,19)(H,20,21). The lowest BCUT2D eigenvalue weighted by molar-refractivity contribution is -0.384. The van der Waals surface area contributed by atoms with Crippen LogP contribution in [0, 0.1) is 15.9 Å². The smallest absolute Gasteiger partial charge is 0.333 e. The number of benzene rings is 1. The zero-order valence-electron chi connectivity index (χ0n) is 11.8. The van der Waals surface area contributed by atoms with Crippen molar-refractivity contribution < 1.29 is 29.1 Å². The van der Waals surface area contributed by atoms with E-state index < -0.39 is 34.1 Å². The van der Waals surface area contributed by atoms with Gasteiger partial charge >= 0.3 is 11.9 Å². The highest BCUT2D eigenvalue weighted by Crippen LogP contribution is 2.37. The van der Waals surface area contributed by atoms with E-state index >= 15 is 0 Å². The van der Waals surface area contributed by atoms with Crippen LogP contribution in [0.25, 0.3) is 0 Å². The Balaban J connectivity index is 2.73. The third-order valence-electron chi connectivity index (χ3n) is 3.39. The Morgan fingerprint density at radius 1 is 1.30 bits per heavy atom. The summed E-state index contributed by atoms with van der Waals surface area (Å²) in [6.45, 7) is 1.33. The number of halogens is 1. The SMILES string of the molecule is CC1=C(C(=O)O)CC(C(=O)O)=CN1c1c(F)cccc1[N+](=O)[O-]. The van der Waals surface area contributed by atoms with Crippen molar-refractivity contribution in [2.24, 2.45) is 0 Å². The molecule has 0 spiro atoms. The van der Waals surface area contributed by atoms with Gasteiger partial charge in [0, 0.05) is 24.4 Å². The number of allylic oxidation sites excluding steroid dienone is 1. The number of nitro benzene ring substituents is 1. The first kappa shape index (κ1) is 16.1. The van der Waals surface area contributed by atoms with Crippen LogP contribution in [0.3, 0.4) is 0 Å². The first-order chi connectivity index (χ1) is 10.7. The molecule has 23 heavy (non-hydrogen) atoms. The van der Waals surface area contributed by atoms with Gasteiger partial charge in [-0.1, -0.05) is 6.07 Å². The monoisotopic (exact) mass is 322 g/mol. The molecule has 2 rings (SSSR count). The number of anilines is 1. The molecule has 0 atom stereocenters. The number of nitrogens with zero attached hydrogens (tertiary/aromatic N) is 2. The molecule has 2 N–H and O–H groups in total. The molecule has 1 heterocycles. The van der Waals surface area contributed by atoms with Crippen molar-refractivity contribution in [3.63, 3.8) is 0 Å². The van der Waals surface area contributed by atoms with Crippen molar-refractivity contribution in [2.45, 2.75) is 13.3 Å².